The molecule has 0 aliphatic rings. The van der Waals surface area contributed by atoms with Crippen molar-refractivity contribution in [3.63, 3.8) is 0 Å². The average molecular weight is 411 g/mol. The van der Waals surface area contributed by atoms with E-state index in [0.29, 0.717) is 0 Å². The lowest BCUT2D eigenvalue weighted by Crippen LogP contribution is -2.05. The summed E-state index contributed by atoms with van der Waals surface area (Å²) >= 11 is 1.67. The molecule has 0 saturated heterocycles. The molecule has 2 heterocycles. The van der Waals surface area contributed by atoms with Gasteiger partial charge in [-0.25, -0.2) is 4.98 Å². The Kier molecular flexibility index (Phi) is 4.48. The van der Waals surface area contributed by atoms with Crippen LogP contribution in [-0.4, -0.2) is 19.7 Å². The summed E-state index contributed by atoms with van der Waals surface area (Å²) in [6.45, 7) is 8.45. The molecule has 0 spiro atoms. The molecule has 0 aliphatic heterocycles. The molecule has 0 saturated carbocycles. The van der Waals surface area contributed by atoms with Crippen molar-refractivity contribution in [1.82, 2.24) is 19.7 Å². The molecular formula is C25H22N4S. The second kappa shape index (κ2) is 7.18. The number of thiazole rings is 1. The average Bonchev–Trinajstić information content (AvgIpc) is 3.37. The Hall–Kier alpha value is -3.31. The van der Waals surface area contributed by atoms with E-state index in [0.717, 1.165) is 28.4 Å². The van der Waals surface area contributed by atoms with E-state index in [1.165, 1.54) is 32.5 Å². The Labute approximate surface area is 179 Å². The van der Waals surface area contributed by atoms with Crippen LogP contribution in [0.1, 0.15) is 22.5 Å². The minimum atomic E-state index is 0.835. The van der Waals surface area contributed by atoms with Crippen LogP contribution < -0.4 is 0 Å². The molecular weight excluding hydrogens is 388 g/mol. The van der Waals surface area contributed by atoms with Gasteiger partial charge >= 0.3 is 0 Å². The van der Waals surface area contributed by atoms with E-state index in [9.17, 15) is 0 Å². The second-order valence-corrected chi connectivity index (χ2v) is 8.55. The van der Waals surface area contributed by atoms with Crippen LogP contribution >= 0.6 is 11.3 Å². The van der Waals surface area contributed by atoms with Gasteiger partial charge in [0.1, 0.15) is 5.82 Å². The van der Waals surface area contributed by atoms with Crippen molar-refractivity contribution < 1.29 is 0 Å². The number of aryl methyl sites for hydroxylation is 4. The molecule has 5 heteroatoms. The van der Waals surface area contributed by atoms with Gasteiger partial charge < -0.3 is 0 Å². The summed E-state index contributed by atoms with van der Waals surface area (Å²) in [5.41, 5.74) is 11.1. The molecule has 0 unspecified atom stereocenters. The number of rotatable bonds is 3. The van der Waals surface area contributed by atoms with Gasteiger partial charge in [0, 0.05) is 5.56 Å². The van der Waals surface area contributed by atoms with E-state index >= 15 is 0 Å². The molecule has 2 aromatic heterocycles. The van der Waals surface area contributed by atoms with Crippen LogP contribution in [0.25, 0.3) is 38.4 Å². The molecule has 4 nitrogen and oxygen atoms in total. The normalized spacial score (nSPS) is 11.3. The summed E-state index contributed by atoms with van der Waals surface area (Å²) in [5.74, 6) is 1.70. The monoisotopic (exact) mass is 410 g/mol. The fraction of sp³-hybridized carbons (Fsp3) is 0.160. The van der Waals surface area contributed by atoms with E-state index in [2.05, 4.69) is 89.1 Å². The van der Waals surface area contributed by atoms with Crippen LogP contribution in [-0.2, 0) is 0 Å². The first-order chi connectivity index (χ1) is 14.5. The quantitative estimate of drug-likeness (QED) is 0.343. The number of aromatic nitrogens is 4. The first kappa shape index (κ1) is 18.7. The summed E-state index contributed by atoms with van der Waals surface area (Å²) in [6.07, 6.45) is 0. The van der Waals surface area contributed by atoms with Gasteiger partial charge in [-0.05, 0) is 73.7 Å². The number of hydrogen-bond acceptors (Lipinski definition) is 4. The molecule has 30 heavy (non-hydrogen) atoms. The molecule has 0 radical (unpaired) electrons. The van der Waals surface area contributed by atoms with Crippen molar-refractivity contribution in [3.8, 4) is 28.2 Å². The highest BCUT2D eigenvalue weighted by Crippen LogP contribution is 2.35. The number of benzene rings is 3. The maximum Gasteiger partial charge on any atom is 0.170 e. The van der Waals surface area contributed by atoms with E-state index in [1.807, 2.05) is 18.5 Å². The van der Waals surface area contributed by atoms with Gasteiger partial charge in [0.05, 0.1) is 21.4 Å². The predicted molar refractivity (Wildman–Crippen MR) is 124 cm³/mol. The molecule has 0 amide bonds. The molecule has 0 aliphatic carbocycles. The third-order valence-corrected chi connectivity index (χ3v) is 6.53. The van der Waals surface area contributed by atoms with Crippen LogP contribution in [0.4, 0.5) is 0 Å². The van der Waals surface area contributed by atoms with Crippen LogP contribution in [0.3, 0.4) is 0 Å². The zero-order valence-corrected chi connectivity index (χ0v) is 18.3. The van der Waals surface area contributed by atoms with E-state index < -0.39 is 0 Å². The Balaban J connectivity index is 1.72. The van der Waals surface area contributed by atoms with Crippen LogP contribution in [0.2, 0.25) is 0 Å². The standard InChI is InChI=1S/C25H22N4S/c1-15-10-11-21(22-24(15)30-14-26-22)25-28-27-18(4)29(25)23-16(2)12-20(13-17(23)3)19-8-6-5-7-9-19/h5-14H,1-4H3. The maximum atomic E-state index is 4.64. The zero-order valence-electron chi connectivity index (χ0n) is 17.5. The van der Waals surface area contributed by atoms with Crippen molar-refractivity contribution in [3.05, 3.63) is 82.6 Å². The minimum Gasteiger partial charge on any atom is -0.279 e. The third-order valence-electron chi connectivity index (χ3n) is 5.57. The van der Waals surface area contributed by atoms with Crippen LogP contribution in [0.15, 0.2) is 60.1 Å². The highest BCUT2D eigenvalue weighted by atomic mass is 32.1. The Morgan fingerprint density at radius 3 is 2.23 bits per heavy atom. The van der Waals surface area contributed by atoms with Crippen molar-refractivity contribution in [2.24, 2.45) is 0 Å². The summed E-state index contributed by atoms with van der Waals surface area (Å²) in [7, 11) is 0. The number of nitrogens with zero attached hydrogens (tertiary/aromatic N) is 4. The maximum absolute atomic E-state index is 4.64. The summed E-state index contributed by atoms with van der Waals surface area (Å²) in [6, 6.07) is 19.2. The highest BCUT2D eigenvalue weighted by Gasteiger charge is 2.20. The van der Waals surface area contributed by atoms with E-state index in [4.69, 9.17) is 0 Å². The number of fused-ring (bicyclic) bond motifs is 1. The van der Waals surface area contributed by atoms with Gasteiger partial charge in [-0.15, -0.1) is 21.5 Å². The fourth-order valence-corrected chi connectivity index (χ4v) is 4.96. The smallest absolute Gasteiger partial charge is 0.170 e. The van der Waals surface area contributed by atoms with Gasteiger partial charge in [0.15, 0.2) is 5.82 Å². The lowest BCUT2D eigenvalue weighted by Gasteiger charge is -2.17. The largest absolute Gasteiger partial charge is 0.279 e. The second-order valence-electron chi connectivity index (χ2n) is 7.69. The van der Waals surface area contributed by atoms with E-state index in [-0.39, 0.29) is 0 Å². The molecule has 3 aromatic carbocycles. The topological polar surface area (TPSA) is 43.6 Å². The SMILES string of the molecule is Cc1cc(-c2ccccc2)cc(C)c1-n1c(C)nnc1-c1ccc(C)c2scnc12. The minimum absolute atomic E-state index is 0.835. The first-order valence-corrected chi connectivity index (χ1v) is 10.8. The molecule has 0 N–H and O–H groups in total. The first-order valence-electron chi connectivity index (χ1n) is 9.97. The molecule has 0 atom stereocenters. The molecule has 5 aromatic rings. The van der Waals surface area contributed by atoms with Gasteiger partial charge in [0.25, 0.3) is 0 Å². The van der Waals surface area contributed by atoms with Gasteiger partial charge in [-0.3, -0.25) is 4.57 Å². The fourth-order valence-electron chi connectivity index (χ4n) is 4.17. The lowest BCUT2D eigenvalue weighted by molar-refractivity contribution is 0.955. The third kappa shape index (κ3) is 2.94. The molecule has 5 rings (SSSR count). The highest BCUT2D eigenvalue weighted by molar-refractivity contribution is 7.17. The summed E-state index contributed by atoms with van der Waals surface area (Å²) in [5, 5.41) is 9.00. The number of hydrogen-bond donors (Lipinski definition) is 0. The zero-order chi connectivity index (χ0) is 20.8. The van der Waals surface area contributed by atoms with Crippen LogP contribution in [0.5, 0.6) is 0 Å². The molecule has 0 bridgehead atoms. The van der Waals surface area contributed by atoms with Crippen molar-refractivity contribution in [2.45, 2.75) is 27.7 Å². The summed E-state index contributed by atoms with van der Waals surface area (Å²) < 4.78 is 3.37. The lowest BCUT2D eigenvalue weighted by atomic mass is 9.98. The van der Waals surface area contributed by atoms with Gasteiger partial charge in [-0.1, -0.05) is 36.4 Å². The molecule has 0 fully saturated rings. The van der Waals surface area contributed by atoms with Crippen molar-refractivity contribution >= 4 is 21.6 Å². The van der Waals surface area contributed by atoms with E-state index in [1.54, 1.807) is 11.3 Å². The van der Waals surface area contributed by atoms with Crippen LogP contribution in [0, 0.1) is 27.7 Å². The Bertz CT molecular complexity index is 1360. The Morgan fingerprint density at radius 2 is 1.50 bits per heavy atom. The van der Waals surface area contributed by atoms with Gasteiger partial charge in [-0.2, -0.15) is 0 Å². The van der Waals surface area contributed by atoms with Gasteiger partial charge in [0.2, 0.25) is 0 Å². The van der Waals surface area contributed by atoms with Crippen molar-refractivity contribution in [1.29, 1.82) is 0 Å². The Morgan fingerprint density at radius 1 is 0.767 bits per heavy atom. The summed E-state index contributed by atoms with van der Waals surface area (Å²) in [4.78, 5) is 4.64. The van der Waals surface area contributed by atoms with Crippen molar-refractivity contribution in [2.75, 3.05) is 0 Å². The molecule has 148 valence electrons. The predicted octanol–water partition coefficient (Wildman–Crippen LogP) is 6.44.